The summed E-state index contributed by atoms with van der Waals surface area (Å²) in [4.78, 5) is 24.3. The lowest BCUT2D eigenvalue weighted by molar-refractivity contribution is -0.142. The van der Waals surface area contributed by atoms with Gasteiger partial charge in [0.25, 0.3) is 0 Å². The van der Waals surface area contributed by atoms with Crippen molar-refractivity contribution < 1.29 is 19.1 Å². The Kier molecular flexibility index (Phi) is 6.14. The van der Waals surface area contributed by atoms with Crippen LogP contribution >= 0.6 is 0 Å². The first-order valence-electron chi connectivity index (χ1n) is 6.77. The minimum atomic E-state index is -0.932. The number of carbonyl (C=O) groups is 2. The highest BCUT2D eigenvalue weighted by molar-refractivity contribution is 5.75. The molecule has 0 saturated carbocycles. The summed E-state index contributed by atoms with van der Waals surface area (Å²) >= 11 is 0. The van der Waals surface area contributed by atoms with Crippen molar-refractivity contribution in [2.75, 3.05) is 13.6 Å². The Bertz CT molecular complexity index is 505. The number of amides is 2. The van der Waals surface area contributed by atoms with Crippen molar-refractivity contribution in [3.05, 3.63) is 35.6 Å². The fraction of sp³-hybridized carbons (Fsp3) is 0.467. The van der Waals surface area contributed by atoms with Crippen LogP contribution in [0.15, 0.2) is 24.3 Å². The number of hydrogen-bond acceptors (Lipinski definition) is 2. The molecule has 0 aliphatic heterocycles. The van der Waals surface area contributed by atoms with Crippen LogP contribution in [0, 0.1) is 17.7 Å². The lowest BCUT2D eigenvalue weighted by Gasteiger charge is -2.21. The zero-order valence-corrected chi connectivity index (χ0v) is 12.5. The molecule has 0 spiro atoms. The maximum absolute atomic E-state index is 13.1. The van der Waals surface area contributed by atoms with Crippen LogP contribution in [0.1, 0.15) is 19.4 Å². The van der Waals surface area contributed by atoms with Gasteiger partial charge in [-0.3, -0.25) is 4.79 Å². The van der Waals surface area contributed by atoms with E-state index >= 15 is 0 Å². The molecule has 116 valence electrons. The number of halogens is 1. The molecule has 5 nitrogen and oxygen atoms in total. The van der Waals surface area contributed by atoms with Gasteiger partial charge < -0.3 is 15.3 Å². The molecule has 0 radical (unpaired) electrons. The smallest absolute Gasteiger partial charge is 0.317 e. The van der Waals surface area contributed by atoms with Gasteiger partial charge in [-0.1, -0.05) is 26.0 Å². The Morgan fingerprint density at radius 3 is 2.57 bits per heavy atom. The Morgan fingerprint density at radius 2 is 2.05 bits per heavy atom. The van der Waals surface area contributed by atoms with Gasteiger partial charge in [0.15, 0.2) is 0 Å². The number of urea groups is 1. The van der Waals surface area contributed by atoms with Crippen molar-refractivity contribution in [2.24, 2.45) is 11.8 Å². The lowest BCUT2D eigenvalue weighted by atomic mass is 9.96. The molecule has 1 atom stereocenters. The van der Waals surface area contributed by atoms with Crippen LogP contribution in [0.25, 0.3) is 0 Å². The van der Waals surface area contributed by atoms with Crippen molar-refractivity contribution >= 4 is 12.0 Å². The van der Waals surface area contributed by atoms with Crippen LogP contribution < -0.4 is 5.32 Å². The maximum Gasteiger partial charge on any atom is 0.317 e. The summed E-state index contributed by atoms with van der Waals surface area (Å²) in [5.41, 5.74) is 0.672. The molecule has 1 aromatic carbocycles. The van der Waals surface area contributed by atoms with E-state index in [0.717, 1.165) is 0 Å². The average Bonchev–Trinajstić information content (AvgIpc) is 2.37. The van der Waals surface area contributed by atoms with Gasteiger partial charge in [0.2, 0.25) is 0 Å². The number of hydrogen-bond donors (Lipinski definition) is 2. The number of nitrogens with zero attached hydrogens (tertiary/aromatic N) is 1. The Hall–Kier alpha value is -2.11. The number of benzene rings is 1. The normalized spacial score (nSPS) is 12.0. The predicted octanol–water partition coefficient (Wildman–Crippen LogP) is 2.32. The van der Waals surface area contributed by atoms with E-state index in [0.29, 0.717) is 5.56 Å². The standard InChI is InChI=1S/C15H21FN2O3/c1-10(2)13(14(19)20)8-17-15(21)18(3)9-11-5-4-6-12(16)7-11/h4-7,10,13H,8-9H2,1-3H3,(H,17,21)(H,19,20). The number of aliphatic carboxylic acids is 1. The zero-order valence-electron chi connectivity index (χ0n) is 12.5. The molecule has 0 aromatic heterocycles. The minimum Gasteiger partial charge on any atom is -0.481 e. The summed E-state index contributed by atoms with van der Waals surface area (Å²) in [6.07, 6.45) is 0. The highest BCUT2D eigenvalue weighted by Gasteiger charge is 2.22. The average molecular weight is 296 g/mol. The van der Waals surface area contributed by atoms with Crippen molar-refractivity contribution in [3.8, 4) is 0 Å². The van der Waals surface area contributed by atoms with Crippen molar-refractivity contribution in [2.45, 2.75) is 20.4 Å². The quantitative estimate of drug-likeness (QED) is 0.846. The molecule has 1 aromatic rings. The van der Waals surface area contributed by atoms with Gasteiger partial charge in [-0.25, -0.2) is 9.18 Å². The molecule has 0 bridgehead atoms. The molecule has 2 amide bonds. The summed E-state index contributed by atoms with van der Waals surface area (Å²) in [7, 11) is 1.57. The molecule has 2 N–H and O–H groups in total. The third kappa shape index (κ3) is 5.41. The molecule has 21 heavy (non-hydrogen) atoms. The van der Waals surface area contributed by atoms with E-state index in [-0.39, 0.29) is 30.9 Å². The fourth-order valence-corrected chi connectivity index (χ4v) is 1.92. The summed E-state index contributed by atoms with van der Waals surface area (Å²) in [6.45, 7) is 3.91. The first-order valence-corrected chi connectivity index (χ1v) is 6.77. The van der Waals surface area contributed by atoms with E-state index in [9.17, 15) is 14.0 Å². The number of carbonyl (C=O) groups excluding carboxylic acids is 1. The van der Waals surface area contributed by atoms with Gasteiger partial charge in [0.05, 0.1) is 5.92 Å². The van der Waals surface area contributed by atoms with Gasteiger partial charge >= 0.3 is 12.0 Å². The predicted molar refractivity (Wildman–Crippen MR) is 77.2 cm³/mol. The first-order chi connectivity index (χ1) is 9.81. The van der Waals surface area contributed by atoms with E-state index in [2.05, 4.69) is 5.32 Å². The molecule has 0 heterocycles. The molecule has 6 heteroatoms. The van der Waals surface area contributed by atoms with Crippen LogP contribution in [0.2, 0.25) is 0 Å². The van der Waals surface area contributed by atoms with Crippen molar-refractivity contribution in [1.82, 2.24) is 10.2 Å². The van der Waals surface area contributed by atoms with Crippen molar-refractivity contribution in [1.29, 1.82) is 0 Å². The lowest BCUT2D eigenvalue weighted by Crippen LogP contribution is -2.41. The summed E-state index contributed by atoms with van der Waals surface area (Å²) in [6, 6.07) is 5.62. The SMILES string of the molecule is CC(C)C(CNC(=O)N(C)Cc1cccc(F)c1)C(=O)O. The fourth-order valence-electron chi connectivity index (χ4n) is 1.92. The highest BCUT2D eigenvalue weighted by atomic mass is 19.1. The van der Waals surface area contributed by atoms with E-state index < -0.39 is 11.9 Å². The van der Waals surface area contributed by atoms with E-state index in [1.165, 1.54) is 17.0 Å². The highest BCUT2D eigenvalue weighted by Crippen LogP contribution is 2.10. The van der Waals surface area contributed by atoms with Gasteiger partial charge in [0.1, 0.15) is 5.82 Å². The molecule has 0 aliphatic carbocycles. The van der Waals surface area contributed by atoms with Gasteiger partial charge in [-0.05, 0) is 23.6 Å². The second-order valence-electron chi connectivity index (χ2n) is 5.36. The monoisotopic (exact) mass is 296 g/mol. The molecule has 0 aliphatic rings. The zero-order chi connectivity index (χ0) is 16.0. The second-order valence-corrected chi connectivity index (χ2v) is 5.36. The van der Waals surface area contributed by atoms with Crippen LogP contribution in [0.3, 0.4) is 0 Å². The molecule has 0 fully saturated rings. The van der Waals surface area contributed by atoms with E-state index in [1.807, 2.05) is 0 Å². The Labute approximate surface area is 123 Å². The molecule has 0 saturated heterocycles. The minimum absolute atomic E-state index is 0.0688. The topological polar surface area (TPSA) is 69.6 Å². The van der Waals surface area contributed by atoms with Crippen LogP contribution in [0.4, 0.5) is 9.18 Å². The molecule has 1 unspecified atom stereocenters. The third-order valence-electron chi connectivity index (χ3n) is 3.25. The summed E-state index contributed by atoms with van der Waals surface area (Å²) < 4.78 is 13.1. The van der Waals surface area contributed by atoms with Gasteiger partial charge in [-0.15, -0.1) is 0 Å². The Balaban J connectivity index is 2.53. The van der Waals surface area contributed by atoms with Gasteiger partial charge in [-0.2, -0.15) is 0 Å². The maximum atomic E-state index is 13.1. The van der Waals surface area contributed by atoms with E-state index in [1.54, 1.807) is 33.0 Å². The van der Waals surface area contributed by atoms with Gasteiger partial charge in [0, 0.05) is 20.1 Å². The number of nitrogens with one attached hydrogen (secondary N) is 1. The number of carboxylic acid groups (broad SMARTS) is 1. The third-order valence-corrected chi connectivity index (χ3v) is 3.25. The number of carboxylic acids is 1. The summed E-state index contributed by atoms with van der Waals surface area (Å²) in [5.74, 6) is -1.99. The largest absolute Gasteiger partial charge is 0.481 e. The van der Waals surface area contributed by atoms with Crippen LogP contribution in [-0.4, -0.2) is 35.6 Å². The molecule has 1 rings (SSSR count). The van der Waals surface area contributed by atoms with Crippen LogP contribution in [0.5, 0.6) is 0 Å². The second kappa shape index (κ2) is 7.61. The molecular formula is C15H21FN2O3. The summed E-state index contributed by atoms with van der Waals surface area (Å²) in [5, 5.41) is 11.6. The van der Waals surface area contributed by atoms with Crippen molar-refractivity contribution in [3.63, 3.8) is 0 Å². The van der Waals surface area contributed by atoms with Crippen LogP contribution in [-0.2, 0) is 11.3 Å². The Morgan fingerprint density at radius 1 is 1.38 bits per heavy atom. The first kappa shape index (κ1) is 16.9. The molecular weight excluding hydrogens is 275 g/mol. The van der Waals surface area contributed by atoms with E-state index in [4.69, 9.17) is 5.11 Å². The number of rotatable bonds is 6.